The molecule has 0 N–H and O–H groups in total. The van der Waals surface area contributed by atoms with Crippen LogP contribution in [-0.4, -0.2) is 75.2 Å². The predicted octanol–water partition coefficient (Wildman–Crippen LogP) is 8.98. The first-order valence-electron chi connectivity index (χ1n) is 18.9. The Hall–Kier alpha value is -3.03. The molecule has 2 aromatic carbocycles. The van der Waals surface area contributed by atoms with E-state index in [0.717, 1.165) is 48.5 Å². The van der Waals surface area contributed by atoms with Crippen molar-refractivity contribution < 1.29 is 23.7 Å². The van der Waals surface area contributed by atoms with Gasteiger partial charge in [0, 0.05) is 11.6 Å². The third-order valence-electron chi connectivity index (χ3n) is 10.1. The van der Waals surface area contributed by atoms with Crippen LogP contribution in [0.2, 0.25) is 0 Å². The minimum Gasteiger partial charge on any atom is -0.496 e. The quantitative estimate of drug-likeness (QED) is 0.117. The summed E-state index contributed by atoms with van der Waals surface area (Å²) in [6.07, 6.45) is 17.6. The van der Waals surface area contributed by atoms with Crippen LogP contribution in [-0.2, 0) is 6.42 Å². The van der Waals surface area contributed by atoms with Crippen LogP contribution in [0.5, 0.6) is 23.0 Å². The van der Waals surface area contributed by atoms with Gasteiger partial charge in [0.25, 0.3) is 0 Å². The Morgan fingerprint density at radius 1 is 0.792 bits per heavy atom. The van der Waals surface area contributed by atoms with E-state index in [0.29, 0.717) is 30.1 Å². The van der Waals surface area contributed by atoms with Crippen molar-refractivity contribution >= 4 is 5.78 Å². The molecule has 2 fully saturated rings. The summed E-state index contributed by atoms with van der Waals surface area (Å²) in [5, 5.41) is 0. The van der Waals surface area contributed by atoms with Gasteiger partial charge >= 0.3 is 0 Å². The topological polar surface area (TPSA) is 60.5 Å². The number of carbonyl (C=O) groups excluding carboxylic acids is 1. The first-order valence-corrected chi connectivity index (χ1v) is 18.9. The Morgan fingerprint density at radius 2 is 1.40 bits per heavy atom. The van der Waals surface area contributed by atoms with E-state index >= 15 is 0 Å². The maximum absolute atomic E-state index is 13.7. The molecule has 3 aliphatic heterocycles. The molecule has 1 unspecified atom stereocenters. The van der Waals surface area contributed by atoms with E-state index in [-0.39, 0.29) is 18.3 Å². The summed E-state index contributed by atoms with van der Waals surface area (Å²) in [5.41, 5.74) is 3.62. The molecule has 0 bridgehead atoms. The van der Waals surface area contributed by atoms with E-state index in [1.165, 1.54) is 103 Å². The zero-order valence-electron chi connectivity index (χ0n) is 30.0. The summed E-state index contributed by atoms with van der Waals surface area (Å²) in [5.74, 6) is 2.75. The summed E-state index contributed by atoms with van der Waals surface area (Å²) in [4.78, 5) is 18.9. The number of benzene rings is 2. The van der Waals surface area contributed by atoms with Crippen molar-refractivity contribution in [3.05, 3.63) is 58.7 Å². The van der Waals surface area contributed by atoms with Crippen molar-refractivity contribution in [2.45, 2.75) is 110 Å². The van der Waals surface area contributed by atoms with Crippen molar-refractivity contribution in [1.29, 1.82) is 0 Å². The molecule has 2 saturated heterocycles. The molecule has 264 valence electrons. The number of allylic oxidation sites excluding steroid dienone is 2. The number of Topliss-reactive ketones (excluding diaryl/α,β-unsaturated/α-hetero) is 1. The number of hydrogen-bond acceptors (Lipinski definition) is 7. The minimum absolute atomic E-state index is 0.0330. The fraction of sp³-hybridized carbons (Fsp3) is 0.634. The molecule has 0 radical (unpaired) electrons. The molecule has 1 atom stereocenters. The first-order chi connectivity index (χ1) is 23.5. The number of methoxy groups -OCH3 is 1. The fourth-order valence-electron chi connectivity index (χ4n) is 7.22. The van der Waals surface area contributed by atoms with Crippen molar-refractivity contribution in [2.24, 2.45) is 0 Å². The monoisotopic (exact) mass is 660 g/mol. The Balaban J connectivity index is 1.18. The average molecular weight is 661 g/mol. The van der Waals surface area contributed by atoms with E-state index in [4.69, 9.17) is 18.9 Å². The van der Waals surface area contributed by atoms with Gasteiger partial charge in [-0.05, 0) is 141 Å². The Bertz CT molecular complexity index is 1310. The molecule has 0 spiro atoms. The number of hydrogen-bond donors (Lipinski definition) is 0. The summed E-state index contributed by atoms with van der Waals surface area (Å²) >= 11 is 0. The van der Waals surface area contributed by atoms with E-state index in [2.05, 4.69) is 29.7 Å². The van der Waals surface area contributed by atoms with Crippen molar-refractivity contribution in [1.82, 2.24) is 9.80 Å². The molecule has 7 heteroatoms. The summed E-state index contributed by atoms with van der Waals surface area (Å²) in [7, 11) is 1.61. The Morgan fingerprint density at radius 3 is 1.98 bits per heavy atom. The third-order valence-corrected chi connectivity index (χ3v) is 10.1. The molecule has 0 aliphatic carbocycles. The molecule has 0 aromatic heterocycles. The lowest BCUT2D eigenvalue weighted by Gasteiger charge is -2.29. The second-order valence-corrected chi connectivity index (χ2v) is 14.2. The number of ether oxygens (including phenoxy) is 4. The SMILES string of the molecule is COc1cc(OCCCCCN2CCCCC2)c(CC=C(C)C)c2c1C(=O)CC(c1ccc(OCCCCCN3CCCCC3)cc1)O2. The maximum atomic E-state index is 13.7. The highest BCUT2D eigenvalue weighted by molar-refractivity contribution is 6.03. The van der Waals surface area contributed by atoms with E-state index in [9.17, 15) is 4.79 Å². The smallest absolute Gasteiger partial charge is 0.174 e. The van der Waals surface area contributed by atoms with Crippen LogP contribution in [0.15, 0.2) is 42.0 Å². The predicted molar refractivity (Wildman–Crippen MR) is 194 cm³/mol. The number of likely N-dealkylation sites (tertiary alicyclic amines) is 2. The second-order valence-electron chi connectivity index (χ2n) is 14.2. The van der Waals surface area contributed by atoms with Gasteiger partial charge in [-0.2, -0.15) is 0 Å². The van der Waals surface area contributed by atoms with Crippen LogP contribution < -0.4 is 18.9 Å². The van der Waals surface area contributed by atoms with Crippen molar-refractivity contribution in [3.8, 4) is 23.0 Å². The third kappa shape index (κ3) is 10.7. The van der Waals surface area contributed by atoms with Gasteiger partial charge in [0.2, 0.25) is 0 Å². The molecule has 3 heterocycles. The first kappa shape index (κ1) is 36.3. The number of rotatable bonds is 18. The van der Waals surface area contributed by atoms with Crippen LogP contribution in [0, 0.1) is 0 Å². The van der Waals surface area contributed by atoms with Crippen LogP contribution in [0.1, 0.15) is 125 Å². The maximum Gasteiger partial charge on any atom is 0.174 e. The lowest BCUT2D eigenvalue weighted by molar-refractivity contribution is 0.0841. The highest BCUT2D eigenvalue weighted by Crippen LogP contribution is 2.46. The zero-order valence-corrected chi connectivity index (χ0v) is 30.0. The summed E-state index contributed by atoms with van der Waals surface area (Å²) < 4.78 is 24.9. The largest absolute Gasteiger partial charge is 0.496 e. The minimum atomic E-state index is -0.381. The van der Waals surface area contributed by atoms with Crippen molar-refractivity contribution in [2.75, 3.05) is 59.6 Å². The zero-order chi connectivity index (χ0) is 33.6. The normalized spacial score (nSPS) is 18.6. The highest BCUT2D eigenvalue weighted by Gasteiger charge is 2.34. The molecular weight excluding hydrogens is 600 g/mol. The standard InChI is InChI=1S/C41H60N2O5/c1-32(2)16-21-35-38(47-29-15-7-13-27-43-24-10-5-11-25-43)31-39(45-3)40-36(44)30-37(48-41(35)40)33-17-19-34(20-18-33)46-28-14-6-12-26-42-22-8-4-9-23-42/h16-20,31,37H,4-15,21-30H2,1-3H3. The molecule has 7 nitrogen and oxygen atoms in total. The molecule has 0 saturated carbocycles. The number of ketones is 1. The molecular formula is C41H60N2O5. The van der Waals surface area contributed by atoms with Gasteiger partial charge in [0.1, 0.15) is 34.7 Å². The fourth-order valence-corrected chi connectivity index (χ4v) is 7.22. The molecule has 5 rings (SSSR count). The average Bonchev–Trinajstić information content (AvgIpc) is 3.11. The van der Waals surface area contributed by atoms with Crippen molar-refractivity contribution in [3.63, 3.8) is 0 Å². The van der Waals surface area contributed by atoms with Crippen LogP contribution >= 0.6 is 0 Å². The van der Waals surface area contributed by atoms with Gasteiger partial charge in [0.15, 0.2) is 5.78 Å². The van der Waals surface area contributed by atoms with Gasteiger partial charge in [-0.3, -0.25) is 4.79 Å². The van der Waals surface area contributed by atoms with Gasteiger partial charge < -0.3 is 28.7 Å². The van der Waals surface area contributed by atoms with Crippen LogP contribution in [0.3, 0.4) is 0 Å². The van der Waals surface area contributed by atoms with Gasteiger partial charge in [0.05, 0.1) is 26.7 Å². The van der Waals surface area contributed by atoms with Crippen LogP contribution in [0.4, 0.5) is 0 Å². The molecule has 48 heavy (non-hydrogen) atoms. The van der Waals surface area contributed by atoms with E-state index < -0.39 is 0 Å². The number of unbranched alkanes of at least 4 members (excludes halogenated alkanes) is 4. The number of carbonyl (C=O) groups is 1. The van der Waals surface area contributed by atoms with Gasteiger partial charge in [-0.25, -0.2) is 0 Å². The Labute approximate surface area is 290 Å². The second kappa shape index (κ2) is 19.2. The lowest BCUT2D eigenvalue weighted by atomic mass is 9.92. The number of fused-ring (bicyclic) bond motifs is 1. The summed E-state index contributed by atoms with van der Waals surface area (Å²) in [6, 6.07) is 9.96. The molecule has 0 amide bonds. The molecule has 3 aliphatic rings. The Kier molecular flexibility index (Phi) is 14.5. The van der Waals surface area contributed by atoms with E-state index in [1.807, 2.05) is 30.3 Å². The van der Waals surface area contributed by atoms with Crippen LogP contribution in [0.25, 0.3) is 0 Å². The van der Waals surface area contributed by atoms with Gasteiger partial charge in [-0.1, -0.05) is 36.6 Å². The highest BCUT2D eigenvalue weighted by atomic mass is 16.5. The van der Waals surface area contributed by atoms with E-state index in [1.54, 1.807) is 7.11 Å². The summed E-state index contributed by atoms with van der Waals surface area (Å²) in [6.45, 7) is 13.0. The van der Waals surface area contributed by atoms with Gasteiger partial charge in [-0.15, -0.1) is 0 Å². The lowest BCUT2D eigenvalue weighted by Crippen LogP contribution is -2.30. The number of piperidine rings is 2. The molecule has 2 aromatic rings. The number of nitrogens with zero attached hydrogens (tertiary/aromatic N) is 2.